The van der Waals surface area contributed by atoms with Crippen LogP contribution in [0.5, 0.6) is 0 Å². The van der Waals surface area contributed by atoms with E-state index in [0.29, 0.717) is 16.8 Å². The third kappa shape index (κ3) is 3.19. The molecule has 1 aromatic heterocycles. The zero-order valence-electron chi connectivity index (χ0n) is 13.2. The highest BCUT2D eigenvalue weighted by Crippen LogP contribution is 2.27. The van der Waals surface area contributed by atoms with Gasteiger partial charge in [0.25, 0.3) is 11.8 Å². The van der Waals surface area contributed by atoms with Crippen LogP contribution in [-0.4, -0.2) is 30.8 Å². The van der Waals surface area contributed by atoms with Crippen LogP contribution < -0.4 is 5.32 Å². The number of amides is 2. The summed E-state index contributed by atoms with van der Waals surface area (Å²) < 4.78 is 6.40. The summed E-state index contributed by atoms with van der Waals surface area (Å²) in [6.07, 6.45) is 0. The van der Waals surface area contributed by atoms with E-state index in [1.54, 1.807) is 44.4 Å². The molecule has 0 saturated heterocycles. The Hall–Kier alpha value is -2.60. The van der Waals surface area contributed by atoms with E-state index in [4.69, 9.17) is 4.42 Å². The van der Waals surface area contributed by atoms with Crippen molar-refractivity contribution in [1.82, 2.24) is 4.90 Å². The number of nitrogens with one attached hydrogen (secondary N) is 1. The Balaban J connectivity index is 1.78. The normalized spacial score (nSPS) is 10.6. The molecular weight excluding hydrogens is 372 g/mol. The summed E-state index contributed by atoms with van der Waals surface area (Å²) in [6, 6.07) is 14.0. The smallest absolute Gasteiger partial charge is 0.291 e. The average molecular weight is 387 g/mol. The summed E-state index contributed by atoms with van der Waals surface area (Å²) in [7, 11) is 3.38. The van der Waals surface area contributed by atoms with Crippen LogP contribution in [0.4, 0.5) is 5.69 Å². The summed E-state index contributed by atoms with van der Waals surface area (Å²) in [5.41, 5.74) is 1.79. The van der Waals surface area contributed by atoms with Gasteiger partial charge in [-0.15, -0.1) is 0 Å². The maximum atomic E-state index is 12.3. The molecule has 0 spiro atoms. The van der Waals surface area contributed by atoms with Crippen LogP contribution in [0.25, 0.3) is 11.0 Å². The summed E-state index contributed by atoms with van der Waals surface area (Å²) >= 11 is 3.40. The third-order valence-electron chi connectivity index (χ3n) is 3.52. The van der Waals surface area contributed by atoms with Gasteiger partial charge in [-0.3, -0.25) is 9.59 Å². The highest BCUT2D eigenvalue weighted by Gasteiger charge is 2.14. The number of anilines is 1. The maximum absolute atomic E-state index is 12.3. The fourth-order valence-electron chi connectivity index (χ4n) is 2.29. The number of benzene rings is 2. The first-order valence-corrected chi connectivity index (χ1v) is 8.06. The lowest BCUT2D eigenvalue weighted by Gasteiger charge is -2.10. The predicted molar refractivity (Wildman–Crippen MR) is 96.3 cm³/mol. The second-order valence-corrected chi connectivity index (χ2v) is 6.35. The first kappa shape index (κ1) is 16.3. The van der Waals surface area contributed by atoms with Crippen molar-refractivity contribution in [3.05, 3.63) is 64.3 Å². The van der Waals surface area contributed by atoms with Gasteiger partial charge >= 0.3 is 0 Å². The number of fused-ring (bicyclic) bond motifs is 1. The lowest BCUT2D eigenvalue weighted by molar-refractivity contribution is 0.0827. The van der Waals surface area contributed by atoms with E-state index in [0.717, 1.165) is 9.86 Å². The van der Waals surface area contributed by atoms with Crippen LogP contribution in [0.1, 0.15) is 20.9 Å². The molecule has 3 aromatic rings. The molecule has 0 radical (unpaired) electrons. The maximum Gasteiger partial charge on any atom is 0.291 e. The Labute approximate surface area is 147 Å². The zero-order valence-corrected chi connectivity index (χ0v) is 14.8. The minimum atomic E-state index is -0.343. The van der Waals surface area contributed by atoms with Gasteiger partial charge in [0.15, 0.2) is 5.76 Å². The number of para-hydroxylation sites is 1. The van der Waals surface area contributed by atoms with Crippen molar-refractivity contribution in [1.29, 1.82) is 0 Å². The number of hydrogen-bond donors (Lipinski definition) is 1. The Bertz CT molecular complexity index is 914. The van der Waals surface area contributed by atoms with Gasteiger partial charge in [-0.25, -0.2) is 0 Å². The van der Waals surface area contributed by atoms with Gasteiger partial charge in [-0.2, -0.15) is 0 Å². The molecule has 2 amide bonds. The fourth-order valence-corrected chi connectivity index (χ4v) is 2.75. The molecule has 0 fully saturated rings. The van der Waals surface area contributed by atoms with Gasteiger partial charge in [0.1, 0.15) is 5.58 Å². The molecule has 6 heteroatoms. The number of hydrogen-bond acceptors (Lipinski definition) is 3. The van der Waals surface area contributed by atoms with Crippen molar-refractivity contribution in [2.75, 3.05) is 19.4 Å². The molecule has 1 heterocycles. The molecule has 0 atom stereocenters. The molecule has 0 aliphatic rings. The topological polar surface area (TPSA) is 62.6 Å². The first-order chi connectivity index (χ1) is 11.5. The summed E-state index contributed by atoms with van der Waals surface area (Å²) in [5.74, 6) is -0.204. The van der Waals surface area contributed by atoms with Crippen molar-refractivity contribution in [3.63, 3.8) is 0 Å². The number of furan rings is 1. The molecule has 0 aliphatic carbocycles. The van der Waals surface area contributed by atoms with Gasteiger partial charge in [-0.05, 0) is 52.3 Å². The van der Waals surface area contributed by atoms with E-state index in [1.165, 1.54) is 4.90 Å². The van der Waals surface area contributed by atoms with Crippen LogP contribution >= 0.6 is 15.9 Å². The molecule has 0 bridgehead atoms. The van der Waals surface area contributed by atoms with Gasteiger partial charge in [0.2, 0.25) is 0 Å². The van der Waals surface area contributed by atoms with E-state index in [-0.39, 0.29) is 17.6 Å². The summed E-state index contributed by atoms with van der Waals surface area (Å²) in [5, 5.41) is 3.61. The zero-order chi connectivity index (χ0) is 17.3. The van der Waals surface area contributed by atoms with E-state index >= 15 is 0 Å². The second kappa shape index (κ2) is 6.49. The largest absolute Gasteiger partial charge is 0.450 e. The Morgan fingerprint density at radius 2 is 1.79 bits per heavy atom. The minimum Gasteiger partial charge on any atom is -0.450 e. The van der Waals surface area contributed by atoms with E-state index in [9.17, 15) is 9.59 Å². The molecule has 122 valence electrons. The Morgan fingerprint density at radius 3 is 2.42 bits per heavy atom. The SMILES string of the molecule is CN(C)C(=O)c1ccc(NC(=O)c2cc3cccc(Br)c3o2)cc1. The van der Waals surface area contributed by atoms with Crippen LogP contribution in [0, 0.1) is 0 Å². The van der Waals surface area contributed by atoms with Gasteiger partial charge in [-0.1, -0.05) is 12.1 Å². The second-order valence-electron chi connectivity index (χ2n) is 5.50. The van der Waals surface area contributed by atoms with Crippen molar-refractivity contribution in [2.45, 2.75) is 0 Å². The first-order valence-electron chi connectivity index (χ1n) is 7.27. The van der Waals surface area contributed by atoms with Gasteiger partial charge < -0.3 is 14.6 Å². The molecule has 1 N–H and O–H groups in total. The van der Waals surface area contributed by atoms with Crippen LogP contribution in [0.3, 0.4) is 0 Å². The van der Waals surface area contributed by atoms with Crippen LogP contribution in [-0.2, 0) is 0 Å². The molecular formula is C18H15BrN2O3. The summed E-state index contributed by atoms with van der Waals surface area (Å²) in [4.78, 5) is 25.7. The number of halogens is 1. The lowest BCUT2D eigenvalue weighted by Crippen LogP contribution is -2.21. The van der Waals surface area contributed by atoms with Crippen LogP contribution in [0.2, 0.25) is 0 Å². The fraction of sp³-hybridized carbons (Fsp3) is 0.111. The lowest BCUT2D eigenvalue weighted by atomic mass is 10.2. The quantitative estimate of drug-likeness (QED) is 0.735. The molecule has 0 aliphatic heterocycles. The van der Waals surface area contributed by atoms with Crippen molar-refractivity contribution in [2.24, 2.45) is 0 Å². The van der Waals surface area contributed by atoms with E-state index in [2.05, 4.69) is 21.2 Å². The van der Waals surface area contributed by atoms with Gasteiger partial charge in [0, 0.05) is 30.7 Å². The molecule has 5 nitrogen and oxygen atoms in total. The summed E-state index contributed by atoms with van der Waals surface area (Å²) in [6.45, 7) is 0. The number of carbonyl (C=O) groups excluding carboxylic acids is 2. The number of nitrogens with zero attached hydrogens (tertiary/aromatic N) is 1. The average Bonchev–Trinajstić information content (AvgIpc) is 3.00. The Morgan fingerprint density at radius 1 is 1.08 bits per heavy atom. The highest BCUT2D eigenvalue weighted by molar-refractivity contribution is 9.10. The van der Waals surface area contributed by atoms with E-state index < -0.39 is 0 Å². The van der Waals surface area contributed by atoms with Gasteiger partial charge in [0.05, 0.1) is 4.47 Å². The Kier molecular flexibility index (Phi) is 4.40. The van der Waals surface area contributed by atoms with E-state index in [1.807, 2.05) is 18.2 Å². The monoisotopic (exact) mass is 386 g/mol. The van der Waals surface area contributed by atoms with Crippen molar-refractivity contribution >= 4 is 44.4 Å². The molecule has 0 saturated carbocycles. The van der Waals surface area contributed by atoms with Crippen LogP contribution in [0.15, 0.2) is 57.4 Å². The molecule has 3 rings (SSSR count). The molecule has 2 aromatic carbocycles. The molecule has 24 heavy (non-hydrogen) atoms. The highest BCUT2D eigenvalue weighted by atomic mass is 79.9. The number of carbonyl (C=O) groups is 2. The molecule has 0 unspecified atom stereocenters. The van der Waals surface area contributed by atoms with Crippen molar-refractivity contribution in [3.8, 4) is 0 Å². The predicted octanol–water partition coefficient (Wildman–Crippen LogP) is 4.15. The third-order valence-corrected chi connectivity index (χ3v) is 4.14. The minimum absolute atomic E-state index is 0.0880. The standard InChI is InChI=1S/C18H15BrN2O3/c1-21(2)18(23)11-6-8-13(9-7-11)20-17(22)15-10-12-4-3-5-14(19)16(12)24-15/h3-10H,1-2H3,(H,20,22). The van der Waals surface area contributed by atoms with Crippen molar-refractivity contribution < 1.29 is 14.0 Å². The number of rotatable bonds is 3.